The Morgan fingerprint density at radius 1 is 1.23 bits per heavy atom. The Labute approximate surface area is 149 Å². The van der Waals surface area contributed by atoms with Crippen LogP contribution in [0.1, 0.15) is 26.7 Å². The third-order valence-electron chi connectivity index (χ3n) is 4.83. The maximum absolute atomic E-state index is 10.9. The number of carbonyl (C=O) groups is 1. The van der Waals surface area contributed by atoms with Gasteiger partial charge in [0.15, 0.2) is 5.96 Å². The molecule has 0 spiro atoms. The Hall–Kier alpha value is -0.570. The maximum atomic E-state index is 10.9. The van der Waals surface area contributed by atoms with Crippen LogP contribution >= 0.6 is 24.0 Å². The smallest absolute Gasteiger partial charge is 0.216 e. The first-order valence-corrected chi connectivity index (χ1v) is 8.12. The van der Waals surface area contributed by atoms with Gasteiger partial charge in [0.1, 0.15) is 0 Å². The number of hydrogen-bond acceptors (Lipinski definition) is 3. The molecular formula is C15H27IN4O2. The number of ether oxygens (including phenoxy) is 1. The summed E-state index contributed by atoms with van der Waals surface area (Å²) >= 11 is 0. The van der Waals surface area contributed by atoms with Crippen LogP contribution in [0.4, 0.5) is 0 Å². The zero-order valence-electron chi connectivity index (χ0n) is 13.4. The van der Waals surface area contributed by atoms with Gasteiger partial charge >= 0.3 is 0 Å². The van der Waals surface area contributed by atoms with Gasteiger partial charge in [0, 0.05) is 44.9 Å². The number of carbonyl (C=O) groups excluding carboxylic acids is 1. The fraction of sp³-hybridized carbons (Fsp3) is 0.867. The molecule has 0 aromatic carbocycles. The highest BCUT2D eigenvalue weighted by atomic mass is 127. The van der Waals surface area contributed by atoms with E-state index in [0.29, 0.717) is 37.1 Å². The number of hydrogen-bond donors (Lipinski definition) is 2. The van der Waals surface area contributed by atoms with Crippen molar-refractivity contribution in [1.82, 2.24) is 15.5 Å². The second-order valence-corrected chi connectivity index (χ2v) is 6.24. The summed E-state index contributed by atoms with van der Waals surface area (Å²) in [5.41, 5.74) is 0. The quantitative estimate of drug-likeness (QED) is 0.305. The summed E-state index contributed by atoms with van der Waals surface area (Å²) in [4.78, 5) is 17.9. The van der Waals surface area contributed by atoms with E-state index in [2.05, 4.69) is 27.4 Å². The number of amides is 1. The summed E-state index contributed by atoms with van der Waals surface area (Å²) < 4.78 is 6.02. The second-order valence-electron chi connectivity index (χ2n) is 6.24. The molecule has 22 heavy (non-hydrogen) atoms. The number of nitrogens with one attached hydrogen (secondary N) is 2. The maximum Gasteiger partial charge on any atom is 0.216 e. The molecule has 2 N–H and O–H groups in total. The normalized spacial score (nSPS) is 32.6. The summed E-state index contributed by atoms with van der Waals surface area (Å²) in [5.74, 6) is 2.35. The van der Waals surface area contributed by atoms with Crippen LogP contribution in [-0.4, -0.2) is 61.7 Å². The van der Waals surface area contributed by atoms with Gasteiger partial charge in [-0.15, -0.1) is 24.0 Å². The average molecular weight is 422 g/mol. The van der Waals surface area contributed by atoms with Crippen molar-refractivity contribution < 1.29 is 9.53 Å². The molecular weight excluding hydrogens is 395 g/mol. The van der Waals surface area contributed by atoms with E-state index in [1.807, 2.05) is 0 Å². The van der Waals surface area contributed by atoms with E-state index in [4.69, 9.17) is 4.74 Å². The highest BCUT2D eigenvalue weighted by Gasteiger charge is 2.53. The van der Waals surface area contributed by atoms with Crippen molar-refractivity contribution in [3.05, 3.63) is 0 Å². The highest BCUT2D eigenvalue weighted by Crippen LogP contribution is 2.47. The van der Waals surface area contributed by atoms with Gasteiger partial charge in [-0.25, -0.2) is 0 Å². The Kier molecular flexibility index (Phi) is 6.31. The standard InChI is InChI=1S/C15H26N4O2.HI/c1-3-16-15(18-7-6-17-10(2)20)19-8-11-12(9-19)14-5-4-13(11)21-14;/h11-14H,3-9H2,1-2H3,(H,16,18)(H,17,20);1H. The summed E-state index contributed by atoms with van der Waals surface area (Å²) in [6.07, 6.45) is 3.42. The predicted octanol–water partition coefficient (Wildman–Crippen LogP) is 0.815. The molecule has 0 aliphatic carbocycles. The molecule has 1 amide bonds. The van der Waals surface area contributed by atoms with Crippen LogP contribution in [0.2, 0.25) is 0 Å². The predicted molar refractivity (Wildman–Crippen MR) is 96.5 cm³/mol. The first-order valence-electron chi connectivity index (χ1n) is 8.12. The van der Waals surface area contributed by atoms with E-state index in [-0.39, 0.29) is 29.9 Å². The molecule has 3 aliphatic heterocycles. The van der Waals surface area contributed by atoms with Crippen molar-refractivity contribution in [2.45, 2.75) is 38.9 Å². The Bertz CT molecular complexity index is 414. The van der Waals surface area contributed by atoms with Crippen LogP contribution in [0.15, 0.2) is 4.99 Å². The van der Waals surface area contributed by atoms with Crippen molar-refractivity contribution >= 4 is 35.8 Å². The molecule has 0 saturated carbocycles. The number of halogens is 1. The molecule has 0 radical (unpaired) electrons. The topological polar surface area (TPSA) is 66.0 Å². The lowest BCUT2D eigenvalue weighted by atomic mass is 9.82. The summed E-state index contributed by atoms with van der Waals surface area (Å²) in [6, 6.07) is 0. The zero-order chi connectivity index (χ0) is 14.8. The van der Waals surface area contributed by atoms with Crippen LogP contribution in [0.5, 0.6) is 0 Å². The molecule has 3 aliphatic rings. The Morgan fingerprint density at radius 3 is 2.41 bits per heavy atom. The fourth-order valence-electron chi connectivity index (χ4n) is 3.95. The monoisotopic (exact) mass is 422 g/mol. The van der Waals surface area contributed by atoms with Crippen LogP contribution in [0, 0.1) is 11.8 Å². The van der Waals surface area contributed by atoms with Gasteiger partial charge in [-0.05, 0) is 19.8 Å². The molecule has 0 aromatic rings. The van der Waals surface area contributed by atoms with Crippen LogP contribution in [-0.2, 0) is 9.53 Å². The van der Waals surface area contributed by atoms with Crippen LogP contribution in [0.25, 0.3) is 0 Å². The molecule has 126 valence electrons. The van der Waals surface area contributed by atoms with Gasteiger partial charge < -0.3 is 20.3 Å². The van der Waals surface area contributed by atoms with E-state index in [9.17, 15) is 4.79 Å². The van der Waals surface area contributed by atoms with E-state index in [1.54, 1.807) is 0 Å². The van der Waals surface area contributed by atoms with Crippen molar-refractivity contribution in [1.29, 1.82) is 0 Å². The van der Waals surface area contributed by atoms with Crippen LogP contribution in [0.3, 0.4) is 0 Å². The van der Waals surface area contributed by atoms with E-state index in [1.165, 1.54) is 19.8 Å². The van der Waals surface area contributed by atoms with Crippen molar-refractivity contribution in [3.63, 3.8) is 0 Å². The summed E-state index contributed by atoms with van der Waals surface area (Å²) in [6.45, 7) is 7.82. The van der Waals surface area contributed by atoms with Gasteiger partial charge in [0.25, 0.3) is 0 Å². The van der Waals surface area contributed by atoms with E-state index in [0.717, 1.165) is 25.6 Å². The van der Waals surface area contributed by atoms with Crippen molar-refractivity contribution in [2.24, 2.45) is 16.8 Å². The molecule has 2 bridgehead atoms. The van der Waals surface area contributed by atoms with Gasteiger partial charge in [-0.2, -0.15) is 0 Å². The summed E-state index contributed by atoms with van der Waals surface area (Å²) in [7, 11) is 0. The molecule has 4 atom stereocenters. The zero-order valence-corrected chi connectivity index (χ0v) is 15.7. The molecule has 3 heterocycles. The lowest BCUT2D eigenvalue weighted by molar-refractivity contribution is -0.118. The molecule has 0 aromatic heterocycles. The Morgan fingerprint density at radius 2 is 1.86 bits per heavy atom. The van der Waals surface area contributed by atoms with Crippen molar-refractivity contribution in [3.8, 4) is 0 Å². The number of fused-ring (bicyclic) bond motifs is 5. The lowest BCUT2D eigenvalue weighted by Crippen LogP contribution is -2.41. The van der Waals surface area contributed by atoms with Gasteiger partial charge in [-0.1, -0.05) is 0 Å². The number of rotatable bonds is 4. The number of likely N-dealkylation sites (tertiary alicyclic amines) is 1. The molecule has 3 fully saturated rings. The number of nitrogens with zero attached hydrogens (tertiary/aromatic N) is 2. The minimum absolute atomic E-state index is 0. The van der Waals surface area contributed by atoms with E-state index < -0.39 is 0 Å². The second kappa shape index (κ2) is 7.81. The fourth-order valence-corrected chi connectivity index (χ4v) is 3.95. The first kappa shape index (κ1) is 17.8. The first-order chi connectivity index (χ1) is 10.2. The lowest BCUT2D eigenvalue weighted by Gasteiger charge is -2.23. The average Bonchev–Trinajstić information content (AvgIpc) is 3.12. The largest absolute Gasteiger partial charge is 0.374 e. The Balaban J connectivity index is 0.00000176. The van der Waals surface area contributed by atoms with E-state index >= 15 is 0 Å². The molecule has 6 nitrogen and oxygen atoms in total. The molecule has 7 heteroatoms. The van der Waals surface area contributed by atoms with Crippen molar-refractivity contribution in [2.75, 3.05) is 32.7 Å². The third-order valence-corrected chi connectivity index (χ3v) is 4.83. The minimum Gasteiger partial charge on any atom is -0.374 e. The summed E-state index contributed by atoms with van der Waals surface area (Å²) in [5, 5.41) is 6.16. The minimum atomic E-state index is -0.000343. The highest BCUT2D eigenvalue weighted by molar-refractivity contribution is 14.0. The molecule has 4 unspecified atom stereocenters. The van der Waals surface area contributed by atoms with Crippen LogP contribution < -0.4 is 10.6 Å². The number of guanidine groups is 1. The third kappa shape index (κ3) is 3.67. The number of aliphatic imine (C=N–C) groups is 1. The molecule has 3 saturated heterocycles. The van der Waals surface area contributed by atoms with Gasteiger partial charge in [0.2, 0.25) is 5.91 Å². The SMILES string of the molecule is CCNC(=NCCNC(C)=O)N1CC2C3CCC(O3)C2C1.I. The molecule has 3 rings (SSSR count). The van der Waals surface area contributed by atoms with Gasteiger partial charge in [0.05, 0.1) is 18.8 Å². The van der Waals surface area contributed by atoms with Gasteiger partial charge in [-0.3, -0.25) is 9.79 Å².